The molecule has 1 rings (SSSR count). The van der Waals surface area contributed by atoms with Gasteiger partial charge in [0.25, 0.3) is 0 Å². The van der Waals surface area contributed by atoms with Crippen LogP contribution < -0.4 is 5.32 Å². The van der Waals surface area contributed by atoms with Crippen molar-refractivity contribution in [2.45, 2.75) is 20.3 Å². The average Bonchev–Trinajstić information content (AvgIpc) is 2.51. The third-order valence-corrected chi connectivity index (χ3v) is 2.02. The fraction of sp³-hybridized carbons (Fsp3) is 0.667. The van der Waals surface area contributed by atoms with E-state index in [0.717, 1.165) is 18.5 Å². The van der Waals surface area contributed by atoms with E-state index in [9.17, 15) is 4.79 Å². The number of hydrogen-bond acceptors (Lipinski definition) is 3. The van der Waals surface area contributed by atoms with Crippen molar-refractivity contribution in [2.24, 2.45) is 0 Å². The lowest BCUT2D eigenvalue weighted by Crippen LogP contribution is -2.14. The molecule has 3 heteroatoms. The smallest absolute Gasteiger partial charge is 0.335 e. The Morgan fingerprint density at radius 1 is 1.50 bits per heavy atom. The minimum atomic E-state index is -0.153. The summed E-state index contributed by atoms with van der Waals surface area (Å²) in [6.45, 7) is 5.85. The summed E-state index contributed by atoms with van der Waals surface area (Å²) < 4.78 is 4.92. The Labute approximate surface area is 72.8 Å². The summed E-state index contributed by atoms with van der Waals surface area (Å²) in [5.41, 5.74) is 2.02. The molecule has 0 aromatic rings. The molecule has 0 saturated carbocycles. The first-order valence-corrected chi connectivity index (χ1v) is 4.38. The Kier molecular flexibility index (Phi) is 3.29. The van der Waals surface area contributed by atoms with Gasteiger partial charge in [0.1, 0.15) is 0 Å². The molecule has 1 aliphatic rings. The molecule has 0 fully saturated rings. The minimum Gasteiger partial charge on any atom is -0.463 e. The highest BCUT2D eigenvalue weighted by molar-refractivity contribution is 5.90. The Bertz CT molecular complexity index is 209. The third-order valence-electron chi connectivity index (χ3n) is 2.02. The largest absolute Gasteiger partial charge is 0.463 e. The van der Waals surface area contributed by atoms with Gasteiger partial charge in [0.15, 0.2) is 0 Å². The van der Waals surface area contributed by atoms with E-state index in [1.165, 1.54) is 5.57 Å². The highest BCUT2D eigenvalue weighted by Crippen LogP contribution is 2.14. The van der Waals surface area contributed by atoms with Gasteiger partial charge < -0.3 is 10.1 Å². The Morgan fingerprint density at radius 2 is 2.25 bits per heavy atom. The molecule has 0 spiro atoms. The van der Waals surface area contributed by atoms with E-state index < -0.39 is 0 Å². The molecule has 0 aromatic carbocycles. The van der Waals surface area contributed by atoms with Crippen LogP contribution in [0.3, 0.4) is 0 Å². The molecule has 0 unspecified atom stereocenters. The molecule has 1 N–H and O–H groups in total. The molecule has 0 atom stereocenters. The van der Waals surface area contributed by atoms with Crippen molar-refractivity contribution in [2.75, 3.05) is 19.7 Å². The van der Waals surface area contributed by atoms with E-state index in [1.807, 2.05) is 6.92 Å². The molecule has 0 amide bonds. The first-order chi connectivity index (χ1) is 5.79. The lowest BCUT2D eigenvalue weighted by atomic mass is 10.1. The van der Waals surface area contributed by atoms with Crippen molar-refractivity contribution in [1.29, 1.82) is 0 Å². The first kappa shape index (κ1) is 9.26. The predicted octanol–water partition coefficient (Wildman–Crippen LogP) is 0.859. The maximum atomic E-state index is 11.3. The normalized spacial score (nSPS) is 16.8. The number of hydrogen-bond donors (Lipinski definition) is 1. The van der Waals surface area contributed by atoms with Crippen LogP contribution in [0.4, 0.5) is 0 Å². The highest BCUT2D eigenvalue weighted by Gasteiger charge is 2.19. The van der Waals surface area contributed by atoms with Gasteiger partial charge >= 0.3 is 5.97 Å². The molecule has 0 aromatic heterocycles. The molecule has 68 valence electrons. The Morgan fingerprint density at radius 3 is 2.83 bits per heavy atom. The monoisotopic (exact) mass is 169 g/mol. The average molecular weight is 169 g/mol. The zero-order valence-electron chi connectivity index (χ0n) is 7.64. The third kappa shape index (κ3) is 1.85. The lowest BCUT2D eigenvalue weighted by Gasteiger charge is -2.03. The van der Waals surface area contributed by atoms with Crippen molar-refractivity contribution in [3.63, 3.8) is 0 Å². The van der Waals surface area contributed by atoms with Crippen LogP contribution in [-0.2, 0) is 9.53 Å². The molecule has 1 heterocycles. The van der Waals surface area contributed by atoms with E-state index in [1.54, 1.807) is 0 Å². The van der Waals surface area contributed by atoms with E-state index in [0.29, 0.717) is 13.2 Å². The second-order valence-corrected chi connectivity index (χ2v) is 2.76. The fourth-order valence-corrected chi connectivity index (χ4v) is 1.34. The predicted molar refractivity (Wildman–Crippen MR) is 46.8 cm³/mol. The number of carbonyl (C=O) groups is 1. The molecule has 0 radical (unpaired) electrons. The van der Waals surface area contributed by atoms with Gasteiger partial charge in [-0.2, -0.15) is 0 Å². The summed E-state index contributed by atoms with van der Waals surface area (Å²) in [6.07, 6.45) is 0.932. The van der Waals surface area contributed by atoms with Gasteiger partial charge in [0, 0.05) is 13.1 Å². The van der Waals surface area contributed by atoms with Crippen molar-refractivity contribution in [1.82, 2.24) is 5.32 Å². The molecule has 1 aliphatic heterocycles. The van der Waals surface area contributed by atoms with Gasteiger partial charge in [-0.25, -0.2) is 4.79 Å². The Hall–Kier alpha value is -0.830. The van der Waals surface area contributed by atoms with Crippen molar-refractivity contribution >= 4 is 5.97 Å². The van der Waals surface area contributed by atoms with E-state index in [-0.39, 0.29) is 5.97 Å². The summed E-state index contributed by atoms with van der Waals surface area (Å²) in [4.78, 5) is 11.3. The van der Waals surface area contributed by atoms with Gasteiger partial charge in [-0.1, -0.05) is 6.92 Å². The summed E-state index contributed by atoms with van der Waals surface area (Å²) in [6, 6.07) is 0. The van der Waals surface area contributed by atoms with Crippen LogP contribution in [0.1, 0.15) is 20.3 Å². The van der Waals surface area contributed by atoms with E-state index >= 15 is 0 Å². The molecular formula is C9H15NO2. The second kappa shape index (κ2) is 4.26. The Balaban J connectivity index is 2.65. The number of nitrogens with one attached hydrogen (secondary N) is 1. The van der Waals surface area contributed by atoms with Crippen LogP contribution in [-0.4, -0.2) is 25.7 Å². The quantitative estimate of drug-likeness (QED) is 0.637. The van der Waals surface area contributed by atoms with Crippen LogP contribution in [0.25, 0.3) is 0 Å². The molecule has 0 saturated heterocycles. The van der Waals surface area contributed by atoms with Crippen LogP contribution in [0, 0.1) is 0 Å². The van der Waals surface area contributed by atoms with Crippen LogP contribution >= 0.6 is 0 Å². The zero-order chi connectivity index (χ0) is 8.97. The minimum absolute atomic E-state index is 0.153. The topological polar surface area (TPSA) is 38.3 Å². The molecule has 3 nitrogen and oxygen atoms in total. The lowest BCUT2D eigenvalue weighted by molar-refractivity contribution is -0.138. The molecule has 0 bridgehead atoms. The standard InChI is InChI=1S/C9H15NO2/c1-3-7-5-10-6-8(7)9(11)12-4-2/h10H,3-6H2,1-2H3. The van der Waals surface area contributed by atoms with Crippen molar-refractivity contribution in [3.8, 4) is 0 Å². The van der Waals surface area contributed by atoms with Crippen molar-refractivity contribution < 1.29 is 9.53 Å². The van der Waals surface area contributed by atoms with Crippen molar-refractivity contribution in [3.05, 3.63) is 11.1 Å². The van der Waals surface area contributed by atoms with Gasteiger partial charge in [-0.3, -0.25) is 0 Å². The van der Waals surface area contributed by atoms with Gasteiger partial charge in [-0.15, -0.1) is 0 Å². The van der Waals surface area contributed by atoms with Crippen LogP contribution in [0.2, 0.25) is 0 Å². The summed E-state index contributed by atoms with van der Waals surface area (Å²) in [5.74, 6) is -0.153. The number of ether oxygens (including phenoxy) is 1. The SMILES string of the molecule is CCOC(=O)C1=C(CC)CNC1. The van der Waals surface area contributed by atoms with Gasteiger partial charge in [0.2, 0.25) is 0 Å². The first-order valence-electron chi connectivity index (χ1n) is 4.38. The highest BCUT2D eigenvalue weighted by atomic mass is 16.5. The van der Waals surface area contributed by atoms with E-state index in [2.05, 4.69) is 12.2 Å². The van der Waals surface area contributed by atoms with Gasteiger partial charge in [-0.05, 0) is 18.9 Å². The maximum Gasteiger partial charge on any atom is 0.335 e. The summed E-state index contributed by atoms with van der Waals surface area (Å²) in [5, 5.41) is 3.14. The second-order valence-electron chi connectivity index (χ2n) is 2.76. The summed E-state index contributed by atoms with van der Waals surface area (Å²) in [7, 11) is 0. The molecule has 0 aliphatic carbocycles. The van der Waals surface area contributed by atoms with Crippen LogP contribution in [0.5, 0.6) is 0 Å². The molecule has 12 heavy (non-hydrogen) atoms. The number of rotatable bonds is 3. The number of carbonyl (C=O) groups excluding carboxylic acids is 1. The zero-order valence-corrected chi connectivity index (χ0v) is 7.64. The van der Waals surface area contributed by atoms with Crippen LogP contribution in [0.15, 0.2) is 11.1 Å². The maximum absolute atomic E-state index is 11.3. The van der Waals surface area contributed by atoms with E-state index in [4.69, 9.17) is 4.74 Å². The summed E-state index contributed by atoms with van der Waals surface area (Å²) >= 11 is 0. The van der Waals surface area contributed by atoms with Gasteiger partial charge in [0.05, 0.1) is 12.2 Å². The fourth-order valence-electron chi connectivity index (χ4n) is 1.34. The molecular weight excluding hydrogens is 154 g/mol. The number of esters is 1.